The van der Waals surface area contributed by atoms with Crippen LogP contribution in [0.2, 0.25) is 0 Å². The fraction of sp³-hybridized carbons (Fsp3) is 0.273. The van der Waals surface area contributed by atoms with Gasteiger partial charge in [0.15, 0.2) is 5.69 Å². The van der Waals surface area contributed by atoms with Gasteiger partial charge in [-0.3, -0.25) is 4.79 Å². The lowest BCUT2D eigenvalue weighted by atomic mass is 10.1. The number of hydrogen-bond acceptors (Lipinski definition) is 7. The van der Waals surface area contributed by atoms with Crippen LogP contribution in [0.25, 0.3) is 16.9 Å². The van der Waals surface area contributed by atoms with Crippen LogP contribution in [-0.2, 0) is 30.6 Å². The van der Waals surface area contributed by atoms with Gasteiger partial charge in [0.05, 0.1) is 11.5 Å². The zero-order valence-electron chi connectivity index (χ0n) is 19.6. The van der Waals surface area contributed by atoms with E-state index in [1.807, 2.05) is 6.92 Å². The van der Waals surface area contributed by atoms with E-state index in [-0.39, 0.29) is 22.9 Å². The normalized spacial score (nSPS) is 11.8. The molecule has 0 fully saturated rings. The average molecular weight is 544 g/mol. The molecule has 1 N–H and O–H groups in total. The van der Waals surface area contributed by atoms with E-state index in [4.69, 9.17) is 4.74 Å². The first kappa shape index (κ1) is 27.6. The Labute approximate surface area is 209 Å². The highest BCUT2D eigenvalue weighted by Crippen LogP contribution is 2.30. The maximum Gasteiger partial charge on any atom is 0.436 e. The number of benzene rings is 2. The lowest BCUT2D eigenvalue weighted by Crippen LogP contribution is -2.38. The number of rotatable bonds is 10. The van der Waals surface area contributed by atoms with Gasteiger partial charge in [-0.05, 0) is 31.2 Å². The molecule has 3 aromatic rings. The standard InChI is InChI=1S/C22H21F3N4O7S/c1-15-3-5-17(6-4-15)20-13-21(22(23,24)25)26-28(20)18-7-9-19(10-8-18)37(33,34)27(16(2)30)14-35-11-12-36-29(31)32/h3-10,13H,11-12,14H2,1-2H3/p+1. The van der Waals surface area contributed by atoms with Crippen molar-refractivity contribution in [1.82, 2.24) is 9.40 Å². The van der Waals surface area contributed by atoms with Crippen LogP contribution in [0.3, 0.4) is 0 Å². The minimum atomic E-state index is -4.65. The number of H-pyrrole nitrogens is 1. The Hall–Kier alpha value is -3.98. The third-order valence-electron chi connectivity index (χ3n) is 5.07. The SMILES string of the molecule is CC(=O)N(COCCO[N+](=O)[O-])S(=O)(=O)c1ccc(-[n+]2[nH]c(C(F)(F)F)cc2-c2ccc(C)cc2)cc1. The second-order valence-electron chi connectivity index (χ2n) is 7.71. The molecule has 0 radical (unpaired) electrons. The Balaban J connectivity index is 1.91. The zero-order valence-corrected chi connectivity index (χ0v) is 20.4. The number of amides is 1. The lowest BCUT2D eigenvalue weighted by molar-refractivity contribution is -0.758. The van der Waals surface area contributed by atoms with E-state index >= 15 is 0 Å². The van der Waals surface area contributed by atoms with Crippen LogP contribution in [0.1, 0.15) is 18.2 Å². The van der Waals surface area contributed by atoms with E-state index in [0.717, 1.165) is 30.7 Å². The molecule has 0 bridgehead atoms. The maximum absolute atomic E-state index is 13.4. The molecule has 0 aliphatic heterocycles. The molecule has 1 heterocycles. The van der Waals surface area contributed by atoms with Crippen molar-refractivity contribution < 1.29 is 45.7 Å². The van der Waals surface area contributed by atoms with E-state index in [0.29, 0.717) is 9.87 Å². The second-order valence-corrected chi connectivity index (χ2v) is 9.58. The number of nitrogens with zero attached hydrogens (tertiary/aromatic N) is 3. The summed E-state index contributed by atoms with van der Waals surface area (Å²) in [6.07, 6.45) is -4.65. The summed E-state index contributed by atoms with van der Waals surface area (Å²) in [6.45, 7) is 1.28. The maximum atomic E-state index is 13.4. The lowest BCUT2D eigenvalue weighted by Gasteiger charge is -2.20. The van der Waals surface area contributed by atoms with E-state index in [2.05, 4.69) is 9.94 Å². The molecule has 0 unspecified atom stereocenters. The molecule has 0 atom stereocenters. The zero-order chi connectivity index (χ0) is 27.4. The first-order chi connectivity index (χ1) is 17.3. The summed E-state index contributed by atoms with van der Waals surface area (Å²) in [6, 6.07) is 12.6. The number of ether oxygens (including phenoxy) is 1. The highest BCUT2D eigenvalue weighted by atomic mass is 32.2. The van der Waals surface area contributed by atoms with Gasteiger partial charge in [0.1, 0.15) is 13.3 Å². The fourth-order valence-electron chi connectivity index (χ4n) is 3.24. The summed E-state index contributed by atoms with van der Waals surface area (Å²) in [4.78, 5) is 25.8. The van der Waals surface area contributed by atoms with Crippen LogP contribution in [0.4, 0.5) is 13.2 Å². The van der Waals surface area contributed by atoms with Crippen LogP contribution >= 0.6 is 0 Å². The van der Waals surface area contributed by atoms with Gasteiger partial charge in [0.2, 0.25) is 17.3 Å². The summed E-state index contributed by atoms with van der Waals surface area (Å²) in [5.41, 5.74) is 0.808. The minimum Gasteiger partial charge on any atom is -0.358 e. The highest BCUT2D eigenvalue weighted by molar-refractivity contribution is 7.89. The molecule has 1 aromatic heterocycles. The number of sulfonamides is 1. The number of aryl methyl sites for hydroxylation is 1. The van der Waals surface area contributed by atoms with Gasteiger partial charge in [-0.1, -0.05) is 22.4 Å². The molecular formula is C22H22F3N4O7S+. The number of carbonyl (C=O) groups is 1. The Morgan fingerprint density at radius 2 is 1.73 bits per heavy atom. The number of hydrogen-bond donors (Lipinski definition) is 1. The fourth-order valence-corrected chi connectivity index (χ4v) is 4.53. The van der Waals surface area contributed by atoms with E-state index in [1.54, 1.807) is 24.3 Å². The van der Waals surface area contributed by atoms with Crippen LogP contribution in [0.15, 0.2) is 59.5 Å². The Bertz CT molecular complexity index is 1370. The number of halogens is 3. The van der Waals surface area contributed by atoms with Crippen molar-refractivity contribution in [2.24, 2.45) is 0 Å². The molecule has 0 aliphatic carbocycles. The van der Waals surface area contributed by atoms with Gasteiger partial charge >= 0.3 is 6.18 Å². The monoisotopic (exact) mass is 543 g/mol. The summed E-state index contributed by atoms with van der Waals surface area (Å²) in [5.74, 6) is -0.880. The number of aromatic amines is 1. The topological polar surface area (TPSA) is 136 Å². The number of aromatic nitrogens is 2. The molecule has 3 rings (SSSR count). The largest absolute Gasteiger partial charge is 0.436 e. The van der Waals surface area contributed by atoms with Crippen molar-refractivity contribution >= 4 is 15.9 Å². The second kappa shape index (κ2) is 11.0. The molecule has 2 aromatic carbocycles. The summed E-state index contributed by atoms with van der Waals surface area (Å²) in [7, 11) is -4.40. The highest BCUT2D eigenvalue weighted by Gasteiger charge is 2.38. The predicted molar refractivity (Wildman–Crippen MR) is 121 cm³/mol. The van der Waals surface area contributed by atoms with E-state index in [9.17, 15) is 36.5 Å². The Kier molecular flexibility index (Phi) is 8.18. The molecule has 198 valence electrons. The molecule has 0 aliphatic rings. The molecule has 11 nitrogen and oxygen atoms in total. The van der Waals surface area contributed by atoms with Crippen molar-refractivity contribution in [3.8, 4) is 16.9 Å². The van der Waals surface area contributed by atoms with Crippen molar-refractivity contribution in [1.29, 1.82) is 0 Å². The quantitative estimate of drug-likeness (QED) is 0.137. The number of carbonyl (C=O) groups excluding carboxylic acids is 1. The predicted octanol–water partition coefficient (Wildman–Crippen LogP) is 3.01. The van der Waals surface area contributed by atoms with Gasteiger partial charge in [0, 0.05) is 30.7 Å². The summed E-state index contributed by atoms with van der Waals surface area (Å²) in [5, 5.41) is 11.4. The van der Waals surface area contributed by atoms with Crippen LogP contribution in [-0.4, -0.2) is 48.8 Å². The van der Waals surface area contributed by atoms with Gasteiger partial charge in [-0.15, -0.1) is 10.1 Å². The van der Waals surface area contributed by atoms with Gasteiger partial charge in [0.25, 0.3) is 15.1 Å². The Morgan fingerprint density at radius 3 is 2.27 bits per heavy atom. The number of nitrogens with one attached hydrogen (secondary N) is 1. The molecule has 15 heteroatoms. The van der Waals surface area contributed by atoms with Crippen molar-refractivity contribution in [2.45, 2.75) is 24.9 Å². The van der Waals surface area contributed by atoms with E-state index in [1.165, 1.54) is 16.8 Å². The Morgan fingerprint density at radius 1 is 1.11 bits per heavy atom. The van der Waals surface area contributed by atoms with E-state index < -0.39 is 46.2 Å². The van der Waals surface area contributed by atoms with Gasteiger partial charge in [-0.25, -0.2) is 12.7 Å². The summed E-state index contributed by atoms with van der Waals surface area (Å²) >= 11 is 0. The molecular weight excluding hydrogens is 521 g/mol. The van der Waals surface area contributed by atoms with Crippen LogP contribution in [0, 0.1) is 17.0 Å². The number of alkyl halides is 3. The van der Waals surface area contributed by atoms with Crippen LogP contribution < -0.4 is 4.68 Å². The average Bonchev–Trinajstić information content (AvgIpc) is 3.27. The molecule has 1 amide bonds. The third kappa shape index (κ3) is 6.62. The third-order valence-corrected chi connectivity index (χ3v) is 6.88. The molecule has 0 saturated carbocycles. The minimum absolute atomic E-state index is 0.193. The van der Waals surface area contributed by atoms with Gasteiger partial charge < -0.3 is 9.57 Å². The first-order valence-corrected chi connectivity index (χ1v) is 12.0. The van der Waals surface area contributed by atoms with Crippen molar-refractivity contribution in [3.63, 3.8) is 0 Å². The summed E-state index contributed by atoms with van der Waals surface area (Å²) < 4.78 is 72.8. The first-order valence-electron chi connectivity index (χ1n) is 10.6. The molecule has 37 heavy (non-hydrogen) atoms. The van der Waals surface area contributed by atoms with Crippen LogP contribution in [0.5, 0.6) is 0 Å². The molecule has 0 saturated heterocycles. The van der Waals surface area contributed by atoms with Gasteiger partial charge in [-0.2, -0.15) is 18.3 Å². The smallest absolute Gasteiger partial charge is 0.358 e. The van der Waals surface area contributed by atoms with Crippen molar-refractivity contribution in [2.75, 3.05) is 19.9 Å². The molecule has 0 spiro atoms. The van der Waals surface area contributed by atoms with Crippen molar-refractivity contribution in [3.05, 3.63) is 76.0 Å².